The number of carbonyl (C=O) groups excluding carboxylic acids is 4. The average molecular weight is 897 g/mol. The number of nitrogens with one attached hydrogen (secondary N) is 2. The Kier molecular flexibility index (Phi) is 12.7. The van der Waals surface area contributed by atoms with Crippen molar-refractivity contribution in [3.63, 3.8) is 0 Å². The maximum Gasteiger partial charge on any atom is 0.420 e. The molecule has 0 spiro atoms. The van der Waals surface area contributed by atoms with E-state index >= 15 is 8.78 Å². The molecule has 4 aromatic rings. The Balaban J connectivity index is 1.10. The summed E-state index contributed by atoms with van der Waals surface area (Å²) in [5, 5.41) is 14.2. The van der Waals surface area contributed by atoms with E-state index in [1.165, 1.54) is 24.8 Å². The number of nitrogens with zero attached hydrogens (tertiary/aromatic N) is 6. The molecular weight excluding hydrogens is 856 g/mol. The van der Waals surface area contributed by atoms with Gasteiger partial charge >= 0.3 is 6.18 Å². The van der Waals surface area contributed by atoms with Crippen molar-refractivity contribution < 1.29 is 45.9 Å². The lowest BCUT2D eigenvalue weighted by Crippen LogP contribution is -2.58. The van der Waals surface area contributed by atoms with Crippen LogP contribution in [0.3, 0.4) is 0 Å². The van der Waals surface area contributed by atoms with Crippen LogP contribution in [0.15, 0.2) is 54.2 Å². The van der Waals surface area contributed by atoms with Crippen LogP contribution in [0, 0.1) is 35.3 Å². The predicted molar refractivity (Wildman–Crippen MR) is 223 cm³/mol. The van der Waals surface area contributed by atoms with Gasteiger partial charge in [-0.05, 0) is 74.5 Å². The van der Waals surface area contributed by atoms with Crippen molar-refractivity contribution in [3.8, 4) is 22.4 Å². The maximum atomic E-state index is 15.5. The van der Waals surface area contributed by atoms with Crippen LogP contribution in [-0.2, 0) is 31.9 Å². The highest BCUT2D eigenvalue weighted by Gasteiger charge is 2.52. The minimum absolute atomic E-state index is 0.155. The van der Waals surface area contributed by atoms with Crippen LogP contribution in [0.2, 0.25) is 0 Å². The van der Waals surface area contributed by atoms with Crippen LogP contribution in [0.1, 0.15) is 69.8 Å². The van der Waals surface area contributed by atoms with Gasteiger partial charge in [-0.1, -0.05) is 45.0 Å². The molecule has 0 radical (unpaired) electrons. The summed E-state index contributed by atoms with van der Waals surface area (Å²) in [7, 11) is 0. The third-order valence-electron chi connectivity index (χ3n) is 10.5. The van der Waals surface area contributed by atoms with Gasteiger partial charge in [-0.25, -0.2) is 18.7 Å². The monoisotopic (exact) mass is 896 g/mol. The first-order valence-corrected chi connectivity index (χ1v) is 20.5. The number of aromatic nitrogens is 2. The van der Waals surface area contributed by atoms with E-state index in [0.29, 0.717) is 23.8 Å². The number of benzene rings is 2. The Morgan fingerprint density at radius 3 is 2.39 bits per heavy atom. The molecule has 0 aliphatic carbocycles. The molecule has 2 saturated heterocycles. The highest BCUT2D eigenvalue weighted by atomic mass is 32.1. The molecule has 4 heterocycles. The second-order valence-electron chi connectivity index (χ2n) is 16.3. The van der Waals surface area contributed by atoms with Gasteiger partial charge in [0.15, 0.2) is 23.4 Å². The summed E-state index contributed by atoms with van der Waals surface area (Å²) in [4.78, 5) is 66.5. The fourth-order valence-electron chi connectivity index (χ4n) is 7.31. The van der Waals surface area contributed by atoms with Gasteiger partial charge in [-0.15, -0.1) is 11.3 Å². The van der Waals surface area contributed by atoms with Gasteiger partial charge in [-0.3, -0.25) is 24.1 Å². The number of thiocarbonyl (C=S) groups is 1. The lowest BCUT2D eigenvalue weighted by Gasteiger charge is -2.35. The van der Waals surface area contributed by atoms with Gasteiger partial charge in [-0.2, -0.15) is 18.4 Å². The number of alkyl halides is 3. The Morgan fingerprint density at radius 1 is 1.10 bits per heavy atom. The molecule has 62 heavy (non-hydrogen) atoms. The number of anilines is 2. The number of nitriles is 1. The number of carbonyl (C=O) groups is 4. The number of likely N-dealkylation sites (tertiary alicyclic amines) is 1. The minimum atomic E-state index is -5.28. The molecule has 1 unspecified atom stereocenters. The third kappa shape index (κ3) is 8.95. The number of hydrogen-bond donors (Lipinski definition) is 2. The van der Waals surface area contributed by atoms with E-state index in [9.17, 15) is 32.3 Å². The van der Waals surface area contributed by atoms with Gasteiger partial charge in [0, 0.05) is 19.2 Å². The Hall–Kier alpha value is -6.07. The summed E-state index contributed by atoms with van der Waals surface area (Å²) < 4.78 is 77.6. The zero-order chi connectivity index (χ0) is 45.5. The standard InChI is InChI=1S/C42H41F5N8O5S2/c1-22-33(62-21-51-22)24-11-9-23(10-12-24)18-49-35(57)29-8-7-15-53(29)37(58)34(40(2,3)4)52-30(56)20-60-36-27(43)16-26(19-50-36)55-39(61)54(38(59)41(55,5)6)28-14-13-25(17-48)31(32(28)44)42(45,46)47/h9-14,16,19,21,29,34H,7-8,15,18,20H2,1-6H3,(H,49,57)(H,52,56)/t29?,34-/m1/s1. The first-order chi connectivity index (χ1) is 29.1. The Labute approximate surface area is 362 Å². The number of rotatable bonds is 11. The fraction of sp³-hybridized carbons (Fsp3) is 0.381. The average Bonchev–Trinajstić information content (AvgIpc) is 3.91. The molecule has 20 heteroatoms. The lowest BCUT2D eigenvalue weighted by atomic mass is 9.85. The van der Waals surface area contributed by atoms with Gasteiger partial charge in [0.1, 0.15) is 23.2 Å². The molecule has 326 valence electrons. The molecule has 2 aliphatic rings. The van der Waals surface area contributed by atoms with E-state index in [0.717, 1.165) is 44.9 Å². The van der Waals surface area contributed by atoms with Crippen molar-refractivity contribution in [1.29, 1.82) is 5.26 Å². The zero-order valence-electron chi connectivity index (χ0n) is 34.3. The topological polar surface area (TPSA) is 161 Å². The van der Waals surface area contributed by atoms with Crippen LogP contribution < -0.4 is 25.2 Å². The second kappa shape index (κ2) is 17.4. The van der Waals surface area contributed by atoms with Crippen LogP contribution in [-0.4, -0.2) is 74.4 Å². The van der Waals surface area contributed by atoms with E-state index in [1.54, 1.807) is 37.6 Å². The van der Waals surface area contributed by atoms with E-state index in [-0.39, 0.29) is 24.7 Å². The fourth-order valence-corrected chi connectivity index (χ4v) is 8.63. The SMILES string of the molecule is Cc1ncsc1-c1ccc(CNC(=O)C2CCCN2C(=O)[C@@H](NC(=O)COc2ncc(N3C(=S)N(c4ccc(C#N)c(C(F)(F)F)c4F)C(=O)C3(C)C)cc2F)C(C)(C)C)cc1. The smallest absolute Gasteiger partial charge is 0.420 e. The van der Waals surface area contributed by atoms with Gasteiger partial charge in [0.2, 0.25) is 11.8 Å². The number of ether oxygens (including phenoxy) is 1. The van der Waals surface area contributed by atoms with E-state index in [2.05, 4.69) is 20.6 Å². The number of thiazole rings is 1. The van der Waals surface area contributed by atoms with E-state index < -0.39 is 93.0 Å². The van der Waals surface area contributed by atoms with Crippen LogP contribution >= 0.6 is 23.6 Å². The lowest BCUT2D eigenvalue weighted by molar-refractivity contribution is -0.144. The molecule has 2 atom stereocenters. The normalized spacial score (nSPS) is 16.9. The summed E-state index contributed by atoms with van der Waals surface area (Å²) in [6.45, 7) is 9.55. The van der Waals surface area contributed by atoms with E-state index in [1.807, 2.05) is 31.2 Å². The molecule has 13 nitrogen and oxygen atoms in total. The van der Waals surface area contributed by atoms with Crippen molar-refractivity contribution >= 4 is 63.7 Å². The van der Waals surface area contributed by atoms with Gasteiger partial charge in [0.25, 0.3) is 17.7 Å². The number of pyridine rings is 1. The maximum absolute atomic E-state index is 15.5. The summed E-state index contributed by atoms with van der Waals surface area (Å²) >= 11 is 6.95. The molecule has 2 N–H and O–H groups in total. The summed E-state index contributed by atoms with van der Waals surface area (Å²) in [6, 6.07) is 9.55. The molecule has 2 fully saturated rings. The van der Waals surface area contributed by atoms with Crippen molar-refractivity contribution in [2.24, 2.45) is 5.41 Å². The van der Waals surface area contributed by atoms with Crippen molar-refractivity contribution in [2.75, 3.05) is 23.0 Å². The zero-order valence-corrected chi connectivity index (χ0v) is 36.0. The first kappa shape index (κ1) is 45.5. The molecule has 2 aromatic carbocycles. The van der Waals surface area contributed by atoms with Gasteiger partial charge < -0.3 is 25.2 Å². The van der Waals surface area contributed by atoms with Crippen LogP contribution in [0.4, 0.5) is 33.3 Å². The number of aryl methyl sites for hydroxylation is 1. The highest BCUT2D eigenvalue weighted by Crippen LogP contribution is 2.42. The number of hydrogen-bond acceptors (Lipinski definition) is 10. The Bertz CT molecular complexity index is 2480. The van der Waals surface area contributed by atoms with Gasteiger partial charge in [0.05, 0.1) is 45.3 Å². The summed E-state index contributed by atoms with van der Waals surface area (Å²) in [5.41, 5.74) is -1.81. The molecule has 0 saturated carbocycles. The molecule has 6 rings (SSSR count). The molecule has 0 bridgehead atoms. The highest BCUT2D eigenvalue weighted by molar-refractivity contribution is 7.81. The Morgan fingerprint density at radius 2 is 1.79 bits per heavy atom. The molecule has 4 amide bonds. The number of halogens is 5. The largest absolute Gasteiger partial charge is 0.465 e. The van der Waals surface area contributed by atoms with Crippen molar-refractivity contribution in [2.45, 2.75) is 84.7 Å². The first-order valence-electron chi connectivity index (χ1n) is 19.2. The molecule has 2 aliphatic heterocycles. The third-order valence-corrected chi connectivity index (χ3v) is 11.9. The van der Waals surface area contributed by atoms with Crippen LogP contribution in [0.25, 0.3) is 10.4 Å². The summed E-state index contributed by atoms with van der Waals surface area (Å²) in [5.74, 6) is -6.23. The van der Waals surface area contributed by atoms with Crippen LogP contribution in [0.5, 0.6) is 5.88 Å². The number of amides is 4. The van der Waals surface area contributed by atoms with Crippen molar-refractivity contribution in [1.82, 2.24) is 25.5 Å². The molecule has 2 aromatic heterocycles. The molecular formula is C42H41F5N8O5S2. The van der Waals surface area contributed by atoms with Crippen molar-refractivity contribution in [3.05, 3.63) is 88.2 Å². The second-order valence-corrected chi connectivity index (χ2v) is 17.5. The predicted octanol–water partition coefficient (Wildman–Crippen LogP) is 6.82. The van der Waals surface area contributed by atoms with E-state index in [4.69, 9.17) is 22.2 Å². The summed E-state index contributed by atoms with van der Waals surface area (Å²) in [6.07, 6.45) is -3.25. The minimum Gasteiger partial charge on any atom is -0.465 e. The quantitative estimate of drug-likeness (QED) is 0.121.